The minimum atomic E-state index is -0.545. The number of nitrogens with zero attached hydrogens (tertiary/aromatic N) is 4. The van der Waals surface area contributed by atoms with E-state index in [9.17, 15) is 9.59 Å². The Labute approximate surface area is 174 Å². The number of amides is 2. The lowest BCUT2D eigenvalue weighted by Gasteiger charge is -2.29. The van der Waals surface area contributed by atoms with E-state index in [-0.39, 0.29) is 12.0 Å². The lowest BCUT2D eigenvalue weighted by atomic mass is 10.1. The van der Waals surface area contributed by atoms with Gasteiger partial charge in [0.15, 0.2) is 0 Å². The average molecular weight is 407 g/mol. The number of H-pyrrole nitrogens is 1. The number of fused-ring (bicyclic) bond motifs is 2. The van der Waals surface area contributed by atoms with Gasteiger partial charge in [0.2, 0.25) is 0 Å². The third kappa shape index (κ3) is 2.86. The summed E-state index contributed by atoms with van der Waals surface area (Å²) in [6.07, 6.45) is 2.10. The van der Waals surface area contributed by atoms with Crippen molar-refractivity contribution in [1.29, 1.82) is 0 Å². The van der Waals surface area contributed by atoms with Gasteiger partial charge in [-0.1, -0.05) is 25.1 Å². The lowest BCUT2D eigenvalue weighted by Crippen LogP contribution is -2.40. The van der Waals surface area contributed by atoms with Gasteiger partial charge < -0.3 is 14.6 Å². The van der Waals surface area contributed by atoms with Crippen molar-refractivity contribution in [2.45, 2.75) is 45.9 Å². The Kier molecular flexibility index (Phi) is 4.13. The number of benzene rings is 1. The highest BCUT2D eigenvalue weighted by atomic mass is 16.6. The van der Waals surface area contributed by atoms with E-state index in [4.69, 9.17) is 4.74 Å². The number of aromatic amines is 1. The highest BCUT2D eigenvalue weighted by Crippen LogP contribution is 2.32. The van der Waals surface area contributed by atoms with Gasteiger partial charge in [-0.3, -0.25) is 14.4 Å². The molecule has 156 valence electrons. The summed E-state index contributed by atoms with van der Waals surface area (Å²) >= 11 is 0. The van der Waals surface area contributed by atoms with Crippen LogP contribution < -0.4 is 4.90 Å². The molecule has 2 aromatic heterocycles. The van der Waals surface area contributed by atoms with Crippen LogP contribution in [0.2, 0.25) is 0 Å². The first-order chi connectivity index (χ1) is 14.4. The van der Waals surface area contributed by atoms with Crippen molar-refractivity contribution in [2.75, 3.05) is 18.0 Å². The Morgan fingerprint density at radius 1 is 1.27 bits per heavy atom. The summed E-state index contributed by atoms with van der Waals surface area (Å²) < 4.78 is 7.33. The van der Waals surface area contributed by atoms with Crippen molar-refractivity contribution in [3.05, 3.63) is 47.4 Å². The van der Waals surface area contributed by atoms with Crippen LogP contribution in [0.15, 0.2) is 30.5 Å². The molecule has 0 spiro atoms. The zero-order chi connectivity index (χ0) is 21.0. The number of hydrogen-bond donors (Lipinski definition) is 1. The third-order valence-corrected chi connectivity index (χ3v) is 5.93. The predicted octanol–water partition coefficient (Wildman–Crippen LogP) is 3.32. The topological polar surface area (TPSA) is 83.5 Å². The normalized spacial score (nSPS) is 18.0. The summed E-state index contributed by atoms with van der Waals surface area (Å²) in [6.45, 7) is 7.86. The van der Waals surface area contributed by atoms with E-state index in [2.05, 4.69) is 17.0 Å². The van der Waals surface area contributed by atoms with E-state index in [1.54, 1.807) is 11.1 Å². The molecule has 30 heavy (non-hydrogen) atoms. The molecular formula is C22H25N5O3. The highest BCUT2D eigenvalue weighted by molar-refractivity contribution is 6.01. The Morgan fingerprint density at radius 2 is 2.07 bits per heavy atom. The summed E-state index contributed by atoms with van der Waals surface area (Å²) in [7, 11) is 0. The number of hydrogen-bond acceptors (Lipinski definition) is 4. The smallest absolute Gasteiger partial charge is 0.415 e. The Morgan fingerprint density at radius 3 is 2.80 bits per heavy atom. The van der Waals surface area contributed by atoms with E-state index < -0.39 is 5.60 Å². The first-order valence-electron chi connectivity index (χ1n) is 10.3. The van der Waals surface area contributed by atoms with Crippen molar-refractivity contribution in [3.8, 4) is 0 Å². The molecule has 1 fully saturated rings. The highest BCUT2D eigenvalue weighted by Gasteiger charge is 2.41. The number of rotatable bonds is 3. The van der Waals surface area contributed by atoms with Crippen LogP contribution in [0.5, 0.6) is 0 Å². The second-order valence-corrected chi connectivity index (χ2v) is 8.52. The number of aryl methyl sites for hydroxylation is 1. The number of carbonyl (C=O) groups is 2. The van der Waals surface area contributed by atoms with Gasteiger partial charge in [-0.2, -0.15) is 5.10 Å². The summed E-state index contributed by atoms with van der Waals surface area (Å²) in [5.74, 6) is -0.0224. The predicted molar refractivity (Wildman–Crippen MR) is 113 cm³/mol. The molecule has 1 N–H and O–H groups in total. The molecule has 0 unspecified atom stereocenters. The second-order valence-electron chi connectivity index (χ2n) is 8.52. The van der Waals surface area contributed by atoms with Crippen LogP contribution in [0.25, 0.3) is 10.9 Å². The molecule has 2 aliphatic heterocycles. The molecule has 2 aliphatic rings. The summed E-state index contributed by atoms with van der Waals surface area (Å²) in [5, 5.41) is 5.53. The van der Waals surface area contributed by atoms with Gasteiger partial charge in [0.05, 0.1) is 37.2 Å². The van der Waals surface area contributed by atoms with Crippen molar-refractivity contribution >= 4 is 28.6 Å². The third-order valence-electron chi connectivity index (χ3n) is 5.93. The maximum absolute atomic E-state index is 13.4. The molecule has 4 heterocycles. The van der Waals surface area contributed by atoms with Crippen LogP contribution in [-0.2, 0) is 24.2 Å². The maximum Gasteiger partial charge on any atom is 0.415 e. The standard InChI is InChI=1S/C22H25N5O3/c1-4-14-15-7-5-6-8-16(15)24-19(14)20(28)25-9-10-27-18(12-25)17(11-23-27)26-13-22(2,3)30-21(26)29/h5-8,11,24H,4,9-10,12-13H2,1-3H3. The average Bonchev–Trinajstić information content (AvgIpc) is 3.38. The van der Waals surface area contributed by atoms with Crippen LogP contribution in [-0.4, -0.2) is 50.4 Å². The van der Waals surface area contributed by atoms with E-state index >= 15 is 0 Å². The largest absolute Gasteiger partial charge is 0.441 e. The van der Waals surface area contributed by atoms with Crippen molar-refractivity contribution in [2.24, 2.45) is 0 Å². The molecule has 5 rings (SSSR count). The number of aromatic nitrogens is 3. The molecule has 8 heteroatoms. The molecule has 0 saturated carbocycles. The fourth-order valence-corrected chi connectivity index (χ4v) is 4.49. The molecule has 8 nitrogen and oxygen atoms in total. The Hall–Kier alpha value is -3.29. The molecular weight excluding hydrogens is 382 g/mol. The van der Waals surface area contributed by atoms with E-state index in [0.717, 1.165) is 34.3 Å². The van der Waals surface area contributed by atoms with Gasteiger partial charge in [0.1, 0.15) is 11.3 Å². The molecule has 1 aromatic carbocycles. The number of ether oxygens (including phenoxy) is 1. The quantitative estimate of drug-likeness (QED) is 0.722. The second kappa shape index (κ2) is 6.62. The zero-order valence-corrected chi connectivity index (χ0v) is 17.4. The molecule has 1 saturated heterocycles. The van der Waals surface area contributed by atoms with E-state index in [1.807, 2.05) is 47.7 Å². The summed E-state index contributed by atoms with van der Waals surface area (Å²) in [4.78, 5) is 32.6. The molecule has 3 aromatic rings. The molecule has 0 radical (unpaired) electrons. The molecule has 0 aliphatic carbocycles. The fourth-order valence-electron chi connectivity index (χ4n) is 4.49. The zero-order valence-electron chi connectivity index (χ0n) is 17.4. The first-order valence-corrected chi connectivity index (χ1v) is 10.3. The van der Waals surface area contributed by atoms with Gasteiger partial charge in [-0.15, -0.1) is 0 Å². The Bertz CT molecular complexity index is 1160. The SMILES string of the molecule is CCc1c(C(=O)N2CCn3ncc(N4CC(C)(C)OC4=O)c3C2)[nH]c2ccccc12. The van der Waals surface area contributed by atoms with Crippen molar-refractivity contribution in [1.82, 2.24) is 19.7 Å². The molecule has 2 amide bonds. The number of anilines is 1. The lowest BCUT2D eigenvalue weighted by molar-refractivity contribution is 0.0700. The van der Waals surface area contributed by atoms with Gasteiger partial charge in [0, 0.05) is 17.4 Å². The fraction of sp³-hybridized carbons (Fsp3) is 0.409. The van der Waals surface area contributed by atoms with E-state index in [1.165, 1.54) is 0 Å². The van der Waals surface area contributed by atoms with Crippen LogP contribution in [0.4, 0.5) is 10.5 Å². The Balaban J connectivity index is 1.46. The van der Waals surface area contributed by atoms with Crippen molar-refractivity contribution < 1.29 is 14.3 Å². The number of carbonyl (C=O) groups excluding carboxylic acids is 2. The van der Waals surface area contributed by atoms with Gasteiger partial charge >= 0.3 is 6.09 Å². The monoisotopic (exact) mass is 407 g/mol. The van der Waals surface area contributed by atoms with Crippen LogP contribution >= 0.6 is 0 Å². The minimum absolute atomic E-state index is 0.0224. The van der Waals surface area contributed by atoms with Crippen LogP contribution in [0.3, 0.4) is 0 Å². The van der Waals surface area contributed by atoms with Gasteiger partial charge in [-0.25, -0.2) is 4.79 Å². The van der Waals surface area contributed by atoms with Crippen molar-refractivity contribution in [3.63, 3.8) is 0 Å². The molecule has 0 bridgehead atoms. The van der Waals surface area contributed by atoms with Gasteiger partial charge in [0.25, 0.3) is 5.91 Å². The van der Waals surface area contributed by atoms with Crippen LogP contribution in [0, 0.1) is 0 Å². The summed E-state index contributed by atoms with van der Waals surface area (Å²) in [6, 6.07) is 8.00. The van der Waals surface area contributed by atoms with Crippen LogP contribution in [0.1, 0.15) is 42.5 Å². The number of nitrogens with one attached hydrogen (secondary N) is 1. The maximum atomic E-state index is 13.4. The van der Waals surface area contributed by atoms with Gasteiger partial charge in [-0.05, 0) is 31.9 Å². The summed E-state index contributed by atoms with van der Waals surface area (Å²) in [5.41, 5.74) is 3.70. The molecule has 0 atom stereocenters. The van der Waals surface area contributed by atoms with E-state index in [0.29, 0.717) is 31.9 Å². The number of para-hydroxylation sites is 1. The minimum Gasteiger partial charge on any atom is -0.441 e. The first kappa shape index (κ1) is 18.7. The number of cyclic esters (lactones) is 1.